The minimum absolute atomic E-state index is 0.209. The van der Waals surface area contributed by atoms with Gasteiger partial charge in [0.2, 0.25) is 0 Å². The van der Waals surface area contributed by atoms with Gasteiger partial charge in [-0.2, -0.15) is 0 Å². The van der Waals surface area contributed by atoms with Crippen molar-refractivity contribution in [3.63, 3.8) is 0 Å². The molecule has 2 heterocycles. The quantitative estimate of drug-likeness (QED) is 0.610. The van der Waals surface area contributed by atoms with Crippen molar-refractivity contribution in [2.75, 3.05) is 5.32 Å². The van der Waals surface area contributed by atoms with Crippen molar-refractivity contribution in [2.24, 2.45) is 0 Å². The SMILES string of the molecule is O=C(Nc1ccc2ccccc2c1)c1cn2ccccc2n1. The van der Waals surface area contributed by atoms with Crippen LogP contribution in [0.25, 0.3) is 16.4 Å². The van der Waals surface area contributed by atoms with Gasteiger partial charge in [-0.1, -0.05) is 36.4 Å². The van der Waals surface area contributed by atoms with Gasteiger partial charge >= 0.3 is 0 Å². The van der Waals surface area contributed by atoms with E-state index in [1.165, 1.54) is 0 Å². The van der Waals surface area contributed by atoms with E-state index in [1.54, 1.807) is 6.20 Å². The Hall–Kier alpha value is -3.14. The predicted molar refractivity (Wildman–Crippen MR) is 87.1 cm³/mol. The van der Waals surface area contributed by atoms with Gasteiger partial charge in [-0.25, -0.2) is 4.98 Å². The number of pyridine rings is 1. The number of benzene rings is 2. The van der Waals surface area contributed by atoms with Crippen molar-refractivity contribution in [1.29, 1.82) is 0 Å². The maximum absolute atomic E-state index is 12.3. The number of nitrogens with zero attached hydrogens (tertiary/aromatic N) is 2. The molecule has 0 fully saturated rings. The zero-order chi connectivity index (χ0) is 14.9. The summed E-state index contributed by atoms with van der Waals surface area (Å²) in [6, 6.07) is 19.6. The molecule has 4 rings (SSSR count). The summed E-state index contributed by atoms with van der Waals surface area (Å²) < 4.78 is 1.83. The molecule has 22 heavy (non-hydrogen) atoms. The first kappa shape index (κ1) is 12.6. The number of imidazole rings is 1. The molecule has 0 aliphatic heterocycles. The van der Waals surface area contributed by atoms with E-state index in [1.807, 2.05) is 71.3 Å². The summed E-state index contributed by atoms with van der Waals surface area (Å²) in [5.74, 6) is -0.209. The van der Waals surface area contributed by atoms with Crippen LogP contribution in [-0.2, 0) is 0 Å². The molecule has 0 bridgehead atoms. The number of nitrogens with one attached hydrogen (secondary N) is 1. The van der Waals surface area contributed by atoms with E-state index in [0.717, 1.165) is 22.1 Å². The fourth-order valence-corrected chi connectivity index (χ4v) is 2.51. The van der Waals surface area contributed by atoms with Crippen molar-refractivity contribution in [2.45, 2.75) is 0 Å². The van der Waals surface area contributed by atoms with Gasteiger partial charge < -0.3 is 9.72 Å². The van der Waals surface area contributed by atoms with Gasteiger partial charge in [0.05, 0.1) is 0 Å². The summed E-state index contributed by atoms with van der Waals surface area (Å²) in [6.45, 7) is 0. The normalized spacial score (nSPS) is 10.9. The Morgan fingerprint density at radius 2 is 1.77 bits per heavy atom. The molecule has 1 amide bonds. The first-order valence-electron chi connectivity index (χ1n) is 7.03. The van der Waals surface area contributed by atoms with Gasteiger partial charge in [0.15, 0.2) is 0 Å². The Balaban J connectivity index is 1.64. The Labute approximate surface area is 127 Å². The van der Waals surface area contributed by atoms with Gasteiger partial charge in [-0.3, -0.25) is 4.79 Å². The van der Waals surface area contributed by atoms with E-state index in [0.29, 0.717) is 5.69 Å². The third kappa shape index (κ3) is 2.20. The molecule has 0 saturated heterocycles. The fraction of sp³-hybridized carbons (Fsp3) is 0. The number of carbonyl (C=O) groups is 1. The Kier molecular flexibility index (Phi) is 2.86. The average Bonchev–Trinajstić information content (AvgIpc) is 2.99. The van der Waals surface area contributed by atoms with Crippen LogP contribution < -0.4 is 5.32 Å². The number of carbonyl (C=O) groups excluding carboxylic acids is 1. The second-order valence-electron chi connectivity index (χ2n) is 5.11. The fourth-order valence-electron chi connectivity index (χ4n) is 2.51. The Morgan fingerprint density at radius 1 is 0.955 bits per heavy atom. The highest BCUT2D eigenvalue weighted by Gasteiger charge is 2.10. The van der Waals surface area contributed by atoms with Crippen LogP contribution in [0.2, 0.25) is 0 Å². The Bertz CT molecular complexity index is 955. The zero-order valence-electron chi connectivity index (χ0n) is 11.7. The summed E-state index contributed by atoms with van der Waals surface area (Å²) in [5.41, 5.74) is 1.92. The molecule has 0 radical (unpaired) electrons. The van der Waals surface area contributed by atoms with Gasteiger partial charge in [0.1, 0.15) is 11.3 Å². The van der Waals surface area contributed by atoms with Gasteiger partial charge in [0.25, 0.3) is 5.91 Å². The molecule has 0 saturated carbocycles. The smallest absolute Gasteiger partial charge is 0.275 e. The summed E-state index contributed by atoms with van der Waals surface area (Å²) in [4.78, 5) is 16.7. The molecule has 0 spiro atoms. The molecule has 4 nitrogen and oxygen atoms in total. The summed E-state index contributed by atoms with van der Waals surface area (Å²) >= 11 is 0. The second-order valence-corrected chi connectivity index (χ2v) is 5.11. The molecule has 0 unspecified atom stereocenters. The van der Waals surface area contributed by atoms with Crippen molar-refractivity contribution in [3.8, 4) is 0 Å². The number of amides is 1. The first-order valence-corrected chi connectivity index (χ1v) is 7.03. The van der Waals surface area contributed by atoms with E-state index in [-0.39, 0.29) is 5.91 Å². The monoisotopic (exact) mass is 287 g/mol. The van der Waals surface area contributed by atoms with E-state index >= 15 is 0 Å². The molecule has 2 aromatic carbocycles. The van der Waals surface area contributed by atoms with Crippen LogP contribution >= 0.6 is 0 Å². The lowest BCUT2D eigenvalue weighted by Crippen LogP contribution is -2.12. The molecule has 1 N–H and O–H groups in total. The third-order valence-electron chi connectivity index (χ3n) is 3.60. The number of aromatic nitrogens is 2. The van der Waals surface area contributed by atoms with Gasteiger partial charge in [-0.15, -0.1) is 0 Å². The standard InChI is InChI=1S/C18H13N3O/c22-18(16-12-21-10-4-3-7-17(21)20-16)19-15-9-8-13-5-1-2-6-14(13)11-15/h1-12H,(H,19,22). The van der Waals surface area contributed by atoms with Crippen molar-refractivity contribution in [1.82, 2.24) is 9.38 Å². The number of hydrogen-bond acceptors (Lipinski definition) is 2. The topological polar surface area (TPSA) is 46.4 Å². The second kappa shape index (κ2) is 5.00. The minimum atomic E-state index is -0.209. The van der Waals surface area contributed by atoms with Gasteiger partial charge in [-0.05, 0) is 35.0 Å². The minimum Gasteiger partial charge on any atom is -0.321 e. The first-order chi connectivity index (χ1) is 10.8. The molecular weight excluding hydrogens is 274 g/mol. The summed E-state index contributed by atoms with van der Waals surface area (Å²) in [7, 11) is 0. The summed E-state index contributed by atoms with van der Waals surface area (Å²) in [6.07, 6.45) is 3.60. The summed E-state index contributed by atoms with van der Waals surface area (Å²) in [5, 5.41) is 5.14. The van der Waals surface area contributed by atoms with E-state index < -0.39 is 0 Å². The zero-order valence-corrected chi connectivity index (χ0v) is 11.7. The molecule has 0 atom stereocenters. The lowest BCUT2D eigenvalue weighted by Gasteiger charge is -2.04. The molecule has 0 aliphatic carbocycles. The molecular formula is C18H13N3O. The molecule has 4 heteroatoms. The number of fused-ring (bicyclic) bond motifs is 2. The molecule has 2 aromatic heterocycles. The van der Waals surface area contributed by atoms with Gasteiger partial charge in [0, 0.05) is 18.1 Å². The highest BCUT2D eigenvalue weighted by Crippen LogP contribution is 2.19. The number of hydrogen-bond donors (Lipinski definition) is 1. The van der Waals surface area contributed by atoms with Crippen LogP contribution in [0.1, 0.15) is 10.5 Å². The van der Waals surface area contributed by atoms with Crippen LogP contribution in [0.4, 0.5) is 5.69 Å². The van der Waals surface area contributed by atoms with E-state index in [9.17, 15) is 4.79 Å². The van der Waals surface area contributed by atoms with E-state index in [2.05, 4.69) is 10.3 Å². The maximum atomic E-state index is 12.3. The van der Waals surface area contributed by atoms with Crippen LogP contribution in [-0.4, -0.2) is 15.3 Å². The average molecular weight is 287 g/mol. The lowest BCUT2D eigenvalue weighted by molar-refractivity contribution is 0.102. The van der Waals surface area contributed by atoms with Crippen LogP contribution in [0.15, 0.2) is 73.1 Å². The molecule has 106 valence electrons. The highest BCUT2D eigenvalue weighted by atomic mass is 16.1. The predicted octanol–water partition coefficient (Wildman–Crippen LogP) is 3.74. The highest BCUT2D eigenvalue weighted by molar-refractivity contribution is 6.04. The molecule has 4 aromatic rings. The van der Waals surface area contributed by atoms with E-state index in [4.69, 9.17) is 0 Å². The number of rotatable bonds is 2. The van der Waals surface area contributed by atoms with Crippen LogP contribution in [0.3, 0.4) is 0 Å². The Morgan fingerprint density at radius 3 is 2.64 bits per heavy atom. The molecule has 0 aliphatic rings. The van der Waals surface area contributed by atoms with Crippen molar-refractivity contribution in [3.05, 3.63) is 78.8 Å². The third-order valence-corrected chi connectivity index (χ3v) is 3.60. The van der Waals surface area contributed by atoms with Crippen molar-refractivity contribution >= 4 is 28.0 Å². The lowest BCUT2D eigenvalue weighted by atomic mass is 10.1. The number of anilines is 1. The maximum Gasteiger partial charge on any atom is 0.275 e. The van der Waals surface area contributed by atoms with Crippen LogP contribution in [0.5, 0.6) is 0 Å². The van der Waals surface area contributed by atoms with Crippen LogP contribution in [0, 0.1) is 0 Å². The largest absolute Gasteiger partial charge is 0.321 e. The van der Waals surface area contributed by atoms with Crippen molar-refractivity contribution < 1.29 is 4.79 Å².